The Bertz CT molecular complexity index is 612. The van der Waals surface area contributed by atoms with E-state index in [0.717, 1.165) is 10.1 Å². The van der Waals surface area contributed by atoms with E-state index in [2.05, 4.69) is 0 Å². The van der Waals surface area contributed by atoms with Crippen molar-refractivity contribution < 1.29 is 19.8 Å². The Labute approximate surface area is 96.9 Å². The average Bonchev–Trinajstić information content (AvgIpc) is 2.67. The molecule has 0 saturated heterocycles. The summed E-state index contributed by atoms with van der Waals surface area (Å²) in [6, 6.07) is 6.68. The normalized spacial score (nSPS) is 10.6. The molecule has 0 saturated carbocycles. The Balaban J connectivity index is 2.91. The second kappa shape index (κ2) is 3.93. The Morgan fingerprint density at radius 2 is 2.00 bits per heavy atom. The lowest BCUT2D eigenvalue weighted by molar-refractivity contribution is 0.0684. The minimum atomic E-state index is -1.28. The third-order valence-electron chi connectivity index (χ3n) is 2.70. The summed E-state index contributed by atoms with van der Waals surface area (Å²) < 4.78 is 0.830. The van der Waals surface area contributed by atoms with E-state index in [-0.39, 0.29) is 5.69 Å². The Hall–Kier alpha value is -2.30. The molecule has 2 rings (SSSR count). The molecule has 0 aliphatic rings. The molecule has 5 heteroatoms. The zero-order valence-electron chi connectivity index (χ0n) is 9.17. The predicted molar refractivity (Wildman–Crippen MR) is 61.7 cm³/mol. The number of hydrogen-bond acceptors (Lipinski definition) is 2. The molecule has 0 fully saturated rings. The molecule has 1 aromatic carbocycles. The number of rotatable bonds is 2. The van der Waals surface area contributed by atoms with Gasteiger partial charge >= 0.3 is 12.1 Å². The first kappa shape index (κ1) is 11.2. The first-order valence-corrected chi connectivity index (χ1v) is 5.16. The summed E-state index contributed by atoms with van der Waals surface area (Å²) >= 11 is 0. The standard InChI is InChI=1S/C12H11NO4/c1-2-7-4-3-5-8-6-9(11(14)15)13(10(7)8)12(16)17/h3-6H,2H2,1H3,(H,14,15)(H,16,17). The second-order valence-electron chi connectivity index (χ2n) is 3.66. The van der Waals surface area contributed by atoms with Crippen molar-refractivity contribution in [3.63, 3.8) is 0 Å². The van der Waals surface area contributed by atoms with E-state index in [0.29, 0.717) is 17.3 Å². The Morgan fingerprint density at radius 1 is 1.29 bits per heavy atom. The lowest BCUT2D eigenvalue weighted by atomic mass is 10.1. The molecule has 5 nitrogen and oxygen atoms in total. The Kier molecular flexibility index (Phi) is 2.59. The van der Waals surface area contributed by atoms with Crippen LogP contribution in [-0.4, -0.2) is 26.8 Å². The zero-order chi connectivity index (χ0) is 12.6. The van der Waals surface area contributed by atoms with Crippen LogP contribution in [0.2, 0.25) is 0 Å². The van der Waals surface area contributed by atoms with Crippen molar-refractivity contribution in [2.45, 2.75) is 13.3 Å². The summed E-state index contributed by atoms with van der Waals surface area (Å²) in [5, 5.41) is 18.7. The van der Waals surface area contributed by atoms with Crippen molar-refractivity contribution in [1.29, 1.82) is 0 Å². The van der Waals surface area contributed by atoms with Gasteiger partial charge in [-0.2, -0.15) is 0 Å². The Morgan fingerprint density at radius 3 is 2.53 bits per heavy atom. The highest BCUT2D eigenvalue weighted by Crippen LogP contribution is 2.24. The molecule has 17 heavy (non-hydrogen) atoms. The minimum Gasteiger partial charge on any atom is -0.477 e. The molecule has 0 unspecified atom stereocenters. The van der Waals surface area contributed by atoms with Crippen LogP contribution in [0.25, 0.3) is 10.9 Å². The number of carboxylic acids is 1. The van der Waals surface area contributed by atoms with Gasteiger partial charge in [-0.05, 0) is 18.1 Å². The maximum Gasteiger partial charge on any atom is 0.416 e. The van der Waals surface area contributed by atoms with Gasteiger partial charge < -0.3 is 10.2 Å². The van der Waals surface area contributed by atoms with E-state index in [1.165, 1.54) is 6.07 Å². The van der Waals surface area contributed by atoms with E-state index >= 15 is 0 Å². The molecular weight excluding hydrogens is 222 g/mol. The fraction of sp³-hybridized carbons (Fsp3) is 0.167. The molecule has 1 aromatic heterocycles. The molecule has 0 radical (unpaired) electrons. The predicted octanol–water partition coefficient (Wildman–Crippen LogP) is 2.43. The number of aryl methyl sites for hydroxylation is 1. The SMILES string of the molecule is CCc1cccc2cc(C(=O)O)n(C(=O)O)c12. The van der Waals surface area contributed by atoms with E-state index in [4.69, 9.17) is 10.2 Å². The molecule has 0 spiro atoms. The van der Waals surface area contributed by atoms with Gasteiger partial charge in [0.15, 0.2) is 0 Å². The maximum atomic E-state index is 11.2. The molecule has 2 N–H and O–H groups in total. The molecule has 0 atom stereocenters. The van der Waals surface area contributed by atoms with E-state index in [1.54, 1.807) is 18.2 Å². The van der Waals surface area contributed by atoms with Crippen molar-refractivity contribution in [3.05, 3.63) is 35.5 Å². The number of fused-ring (bicyclic) bond motifs is 1. The van der Waals surface area contributed by atoms with Crippen LogP contribution in [0.1, 0.15) is 23.0 Å². The van der Waals surface area contributed by atoms with Crippen molar-refractivity contribution in [1.82, 2.24) is 4.57 Å². The summed E-state index contributed by atoms with van der Waals surface area (Å²) in [5.41, 5.74) is 1.05. The van der Waals surface area contributed by atoms with Crippen LogP contribution in [0.3, 0.4) is 0 Å². The van der Waals surface area contributed by atoms with E-state index < -0.39 is 12.1 Å². The first-order valence-electron chi connectivity index (χ1n) is 5.16. The largest absolute Gasteiger partial charge is 0.477 e. The number of carbonyl (C=O) groups is 2. The van der Waals surface area contributed by atoms with Gasteiger partial charge in [-0.3, -0.25) is 0 Å². The van der Waals surface area contributed by atoms with Crippen LogP contribution < -0.4 is 0 Å². The van der Waals surface area contributed by atoms with E-state index in [1.807, 2.05) is 6.92 Å². The highest BCUT2D eigenvalue weighted by molar-refractivity contribution is 6.01. The first-order chi connectivity index (χ1) is 8.06. The smallest absolute Gasteiger partial charge is 0.416 e. The summed E-state index contributed by atoms with van der Waals surface area (Å²) in [5.74, 6) is -1.24. The monoisotopic (exact) mass is 233 g/mol. The minimum absolute atomic E-state index is 0.228. The van der Waals surface area contributed by atoms with Crippen LogP contribution in [0.4, 0.5) is 4.79 Å². The number of hydrogen-bond donors (Lipinski definition) is 2. The lowest BCUT2D eigenvalue weighted by Crippen LogP contribution is -2.15. The molecule has 88 valence electrons. The van der Waals surface area contributed by atoms with Crippen molar-refractivity contribution in [3.8, 4) is 0 Å². The van der Waals surface area contributed by atoms with E-state index in [9.17, 15) is 9.59 Å². The third-order valence-corrected chi connectivity index (χ3v) is 2.70. The van der Waals surface area contributed by atoms with Crippen LogP contribution >= 0.6 is 0 Å². The van der Waals surface area contributed by atoms with Gasteiger partial charge in [0.25, 0.3) is 0 Å². The van der Waals surface area contributed by atoms with Gasteiger partial charge in [0.05, 0.1) is 5.52 Å². The summed E-state index contributed by atoms with van der Waals surface area (Å²) in [4.78, 5) is 22.2. The summed E-state index contributed by atoms with van der Waals surface area (Å²) in [7, 11) is 0. The van der Waals surface area contributed by atoms with Gasteiger partial charge in [0, 0.05) is 5.39 Å². The van der Waals surface area contributed by atoms with Crippen LogP contribution in [0, 0.1) is 0 Å². The van der Waals surface area contributed by atoms with Gasteiger partial charge in [0.2, 0.25) is 0 Å². The molecule has 0 amide bonds. The quantitative estimate of drug-likeness (QED) is 0.834. The molecular formula is C12H11NO4. The maximum absolute atomic E-state index is 11.2. The van der Waals surface area contributed by atoms with Gasteiger partial charge in [0.1, 0.15) is 5.69 Å². The molecule has 0 aliphatic carbocycles. The topological polar surface area (TPSA) is 79.5 Å². The number of benzene rings is 1. The van der Waals surface area contributed by atoms with Crippen molar-refractivity contribution in [2.75, 3.05) is 0 Å². The fourth-order valence-electron chi connectivity index (χ4n) is 1.97. The molecule has 2 aromatic rings. The number of aromatic nitrogens is 1. The van der Waals surface area contributed by atoms with Gasteiger partial charge in [-0.15, -0.1) is 0 Å². The summed E-state index contributed by atoms with van der Waals surface area (Å²) in [6.07, 6.45) is -0.633. The number of para-hydroxylation sites is 1. The number of aromatic carboxylic acids is 1. The number of carboxylic acid groups (broad SMARTS) is 2. The van der Waals surface area contributed by atoms with Crippen molar-refractivity contribution >= 4 is 23.0 Å². The van der Waals surface area contributed by atoms with Gasteiger partial charge in [-0.25, -0.2) is 14.2 Å². The highest BCUT2D eigenvalue weighted by atomic mass is 16.4. The molecule has 0 aliphatic heterocycles. The van der Waals surface area contributed by atoms with Crippen molar-refractivity contribution in [2.24, 2.45) is 0 Å². The number of nitrogens with zero attached hydrogens (tertiary/aromatic N) is 1. The second-order valence-corrected chi connectivity index (χ2v) is 3.66. The third kappa shape index (κ3) is 1.65. The van der Waals surface area contributed by atoms with Crippen LogP contribution in [-0.2, 0) is 6.42 Å². The van der Waals surface area contributed by atoms with Crippen LogP contribution in [0.5, 0.6) is 0 Å². The average molecular weight is 233 g/mol. The summed E-state index contributed by atoms with van der Waals surface area (Å²) in [6.45, 7) is 1.90. The van der Waals surface area contributed by atoms with Gasteiger partial charge in [-0.1, -0.05) is 25.1 Å². The fourth-order valence-corrected chi connectivity index (χ4v) is 1.97. The molecule has 1 heterocycles. The highest BCUT2D eigenvalue weighted by Gasteiger charge is 2.20. The zero-order valence-corrected chi connectivity index (χ0v) is 9.17. The lowest BCUT2D eigenvalue weighted by Gasteiger charge is -2.05. The molecule has 0 bridgehead atoms. The van der Waals surface area contributed by atoms with Crippen LogP contribution in [0.15, 0.2) is 24.3 Å².